The standard InChI is InChI=1S/C35H35FN6O2/c1-3-22-6-4-7-23-14-26(43)15-27(29(22)23)31-30(36)32-28(17-37-31)33(41-18-24-8-9-25(19-41)38-24)40-34(39-32)44-20-35-11-5-12-42(35)13-10-21(2)16-35/h1,4,6-7,14-15,17,24-25,38,43H,2,5,8-13,16,18-20H2/t24-,25+,35?. The van der Waals surface area contributed by atoms with Gasteiger partial charge in [0.25, 0.3) is 0 Å². The summed E-state index contributed by atoms with van der Waals surface area (Å²) in [4.78, 5) is 19.0. The normalized spacial score (nSPS) is 25.0. The Balaban J connectivity index is 1.26. The van der Waals surface area contributed by atoms with Crippen LogP contribution >= 0.6 is 0 Å². The Labute approximate surface area is 256 Å². The molecule has 4 aliphatic heterocycles. The van der Waals surface area contributed by atoms with Crippen molar-refractivity contribution in [3.05, 3.63) is 60.1 Å². The quantitative estimate of drug-likeness (QED) is 0.243. The monoisotopic (exact) mass is 590 g/mol. The molecule has 0 saturated carbocycles. The summed E-state index contributed by atoms with van der Waals surface area (Å²) in [5.41, 5.74) is 2.34. The minimum absolute atomic E-state index is 0.00102. The summed E-state index contributed by atoms with van der Waals surface area (Å²) >= 11 is 0. The van der Waals surface area contributed by atoms with Crippen molar-refractivity contribution in [3.8, 4) is 35.4 Å². The predicted molar refractivity (Wildman–Crippen MR) is 169 cm³/mol. The highest BCUT2D eigenvalue weighted by atomic mass is 19.1. The number of terminal acetylenes is 1. The van der Waals surface area contributed by atoms with Gasteiger partial charge < -0.3 is 20.1 Å². The molecule has 2 bridgehead atoms. The number of hydrogen-bond acceptors (Lipinski definition) is 8. The van der Waals surface area contributed by atoms with Gasteiger partial charge in [0.15, 0.2) is 5.82 Å². The second kappa shape index (κ2) is 10.4. The van der Waals surface area contributed by atoms with E-state index >= 15 is 4.39 Å². The van der Waals surface area contributed by atoms with Gasteiger partial charge in [-0.25, -0.2) is 4.39 Å². The molecule has 1 unspecified atom stereocenters. The molecule has 0 radical (unpaired) electrons. The molecule has 3 atom stereocenters. The van der Waals surface area contributed by atoms with E-state index in [0.717, 1.165) is 64.7 Å². The van der Waals surface area contributed by atoms with Crippen LogP contribution in [0.15, 0.2) is 48.7 Å². The van der Waals surface area contributed by atoms with Crippen molar-refractivity contribution in [2.24, 2.45) is 0 Å². The average molecular weight is 591 g/mol. The van der Waals surface area contributed by atoms with Gasteiger partial charge in [-0.2, -0.15) is 9.97 Å². The number of halogens is 1. The Morgan fingerprint density at radius 2 is 2.02 bits per heavy atom. The zero-order chi connectivity index (χ0) is 30.0. The van der Waals surface area contributed by atoms with Gasteiger partial charge in [0.1, 0.15) is 29.4 Å². The zero-order valence-corrected chi connectivity index (χ0v) is 24.7. The van der Waals surface area contributed by atoms with E-state index in [9.17, 15) is 5.11 Å². The van der Waals surface area contributed by atoms with Crippen molar-refractivity contribution in [1.29, 1.82) is 0 Å². The molecule has 0 spiro atoms. The lowest BCUT2D eigenvalue weighted by Crippen LogP contribution is -2.52. The molecule has 0 aliphatic carbocycles. The maximum atomic E-state index is 16.8. The summed E-state index contributed by atoms with van der Waals surface area (Å²) < 4.78 is 23.2. The Morgan fingerprint density at radius 3 is 2.84 bits per heavy atom. The van der Waals surface area contributed by atoms with Crippen LogP contribution in [0.1, 0.15) is 44.1 Å². The number of aromatic nitrogens is 3. The molecule has 2 aromatic carbocycles. The molecule has 0 amide bonds. The van der Waals surface area contributed by atoms with E-state index in [-0.39, 0.29) is 28.5 Å². The van der Waals surface area contributed by atoms with Gasteiger partial charge in [-0.15, -0.1) is 6.42 Å². The number of anilines is 1. The number of ether oxygens (including phenoxy) is 1. The van der Waals surface area contributed by atoms with Gasteiger partial charge in [0.2, 0.25) is 0 Å². The summed E-state index contributed by atoms with van der Waals surface area (Å²) in [5.74, 6) is 2.74. The third-order valence-electron chi connectivity index (χ3n) is 10.1. The molecule has 4 fully saturated rings. The third kappa shape index (κ3) is 4.47. The van der Waals surface area contributed by atoms with Crippen LogP contribution in [-0.2, 0) is 0 Å². The molecule has 2 N–H and O–H groups in total. The molecule has 9 heteroatoms. The third-order valence-corrected chi connectivity index (χ3v) is 10.1. The number of nitrogens with zero attached hydrogens (tertiary/aromatic N) is 5. The average Bonchev–Trinajstić information content (AvgIpc) is 3.60. The molecule has 4 saturated heterocycles. The van der Waals surface area contributed by atoms with E-state index in [0.29, 0.717) is 51.8 Å². The van der Waals surface area contributed by atoms with Crippen molar-refractivity contribution in [3.63, 3.8) is 0 Å². The summed E-state index contributed by atoms with van der Waals surface area (Å²) in [7, 11) is 0. The lowest BCUT2D eigenvalue weighted by Gasteiger charge is -2.42. The molecule has 2 aromatic heterocycles. The predicted octanol–water partition coefficient (Wildman–Crippen LogP) is 5.18. The number of pyridine rings is 1. The fourth-order valence-electron chi connectivity index (χ4n) is 8.01. The molecule has 8 rings (SSSR count). The van der Waals surface area contributed by atoms with Crippen molar-refractivity contribution in [2.45, 2.75) is 56.1 Å². The van der Waals surface area contributed by atoms with Gasteiger partial charge in [-0.1, -0.05) is 30.2 Å². The highest BCUT2D eigenvalue weighted by Crippen LogP contribution is 2.41. The number of nitrogens with one attached hydrogen (secondary N) is 1. The number of benzene rings is 2. The van der Waals surface area contributed by atoms with Crippen LogP contribution in [0.5, 0.6) is 11.8 Å². The Hall–Kier alpha value is -4.26. The number of phenols is 1. The Bertz CT molecular complexity index is 1860. The Kier molecular flexibility index (Phi) is 6.47. The van der Waals surface area contributed by atoms with E-state index in [1.807, 2.05) is 12.1 Å². The first-order valence-electron chi connectivity index (χ1n) is 15.6. The van der Waals surface area contributed by atoms with Crippen LogP contribution in [0.25, 0.3) is 32.9 Å². The Morgan fingerprint density at radius 1 is 1.18 bits per heavy atom. The van der Waals surface area contributed by atoms with Crippen LogP contribution in [0, 0.1) is 18.2 Å². The van der Waals surface area contributed by atoms with Crippen LogP contribution in [0.2, 0.25) is 0 Å². The number of piperidine rings is 1. The fraction of sp³-hybridized carbons (Fsp3) is 0.400. The zero-order valence-electron chi connectivity index (χ0n) is 24.7. The smallest absolute Gasteiger partial charge is 0.319 e. The SMILES string of the molecule is C#Cc1cccc2cc(O)cc(-c3ncc4c(N5C[C@H]6CC[C@@H](C5)N6)nc(OCC56CCCN5CCC(=C)C6)nc4c3F)c12. The second-order valence-electron chi connectivity index (χ2n) is 12.9. The van der Waals surface area contributed by atoms with Crippen LogP contribution in [0.3, 0.4) is 0 Å². The highest BCUT2D eigenvalue weighted by molar-refractivity contribution is 6.02. The van der Waals surface area contributed by atoms with E-state index in [1.165, 1.54) is 11.6 Å². The minimum Gasteiger partial charge on any atom is -0.508 e. The van der Waals surface area contributed by atoms with Crippen LogP contribution < -0.4 is 15.0 Å². The molecule has 44 heavy (non-hydrogen) atoms. The van der Waals surface area contributed by atoms with Gasteiger partial charge in [0.05, 0.1) is 10.9 Å². The molecular weight excluding hydrogens is 555 g/mol. The summed E-state index contributed by atoms with van der Waals surface area (Å²) in [5, 5.41) is 16.1. The number of piperazine rings is 1. The van der Waals surface area contributed by atoms with Gasteiger partial charge >= 0.3 is 6.01 Å². The lowest BCUT2D eigenvalue weighted by molar-refractivity contribution is 0.0568. The van der Waals surface area contributed by atoms with E-state index in [2.05, 4.69) is 32.6 Å². The number of hydrogen-bond donors (Lipinski definition) is 2. The fourth-order valence-corrected chi connectivity index (χ4v) is 8.01. The van der Waals surface area contributed by atoms with Gasteiger partial charge in [-0.05, 0) is 68.7 Å². The maximum Gasteiger partial charge on any atom is 0.319 e. The highest BCUT2D eigenvalue weighted by Gasteiger charge is 2.44. The van der Waals surface area contributed by atoms with Crippen LogP contribution in [-0.4, -0.2) is 75.4 Å². The number of phenolic OH excluding ortho intramolecular Hbond substituents is 1. The van der Waals surface area contributed by atoms with Gasteiger partial charge in [-0.3, -0.25) is 9.88 Å². The number of fused-ring (bicyclic) bond motifs is 5. The van der Waals surface area contributed by atoms with E-state index in [1.54, 1.807) is 18.3 Å². The molecular formula is C35H35FN6O2. The van der Waals surface area contributed by atoms with Crippen molar-refractivity contribution >= 4 is 27.5 Å². The molecule has 8 nitrogen and oxygen atoms in total. The largest absolute Gasteiger partial charge is 0.508 e. The molecule has 4 aliphatic rings. The molecule has 224 valence electrons. The van der Waals surface area contributed by atoms with Crippen LogP contribution in [0.4, 0.5) is 10.2 Å². The van der Waals surface area contributed by atoms with Gasteiger partial charge in [0, 0.05) is 54.4 Å². The summed E-state index contributed by atoms with van der Waals surface area (Å²) in [6.45, 7) is 8.28. The first-order valence-corrected chi connectivity index (χ1v) is 15.6. The first kappa shape index (κ1) is 27.3. The second-order valence-corrected chi connectivity index (χ2v) is 12.9. The summed E-state index contributed by atoms with van der Waals surface area (Å²) in [6, 6.07) is 9.49. The van der Waals surface area contributed by atoms with Crippen molar-refractivity contribution in [1.82, 2.24) is 25.2 Å². The van der Waals surface area contributed by atoms with E-state index in [4.69, 9.17) is 21.1 Å². The lowest BCUT2D eigenvalue weighted by atomic mass is 9.85. The topological polar surface area (TPSA) is 86.6 Å². The minimum atomic E-state index is -0.598. The number of aromatic hydroxyl groups is 1. The maximum absolute atomic E-state index is 16.8. The first-order chi connectivity index (χ1) is 21.4. The number of rotatable bonds is 5. The van der Waals surface area contributed by atoms with Crippen molar-refractivity contribution in [2.75, 3.05) is 37.7 Å². The molecule has 6 heterocycles. The van der Waals surface area contributed by atoms with E-state index < -0.39 is 5.82 Å². The van der Waals surface area contributed by atoms with Crippen molar-refractivity contribution < 1.29 is 14.2 Å². The molecule has 4 aromatic rings. The summed E-state index contributed by atoms with van der Waals surface area (Å²) in [6.07, 6.45) is 13.7.